The number of halogens is 1. The molecule has 0 unspecified atom stereocenters. The van der Waals surface area contributed by atoms with Crippen LogP contribution in [0.2, 0.25) is 0 Å². The van der Waals surface area contributed by atoms with Gasteiger partial charge < -0.3 is 9.73 Å². The molecular weight excluding hydrogens is 270 g/mol. The molecule has 1 N–H and O–H groups in total. The molecule has 0 spiro atoms. The molecule has 0 aliphatic rings. The predicted octanol–water partition coefficient (Wildman–Crippen LogP) is 3.24. The van der Waals surface area contributed by atoms with Crippen molar-refractivity contribution in [2.24, 2.45) is 0 Å². The first kappa shape index (κ1) is 11.1. The van der Waals surface area contributed by atoms with E-state index in [1.807, 2.05) is 19.9 Å². The second-order valence-electron chi connectivity index (χ2n) is 3.31. The first-order chi connectivity index (χ1) is 7.72. The zero-order valence-corrected chi connectivity index (χ0v) is 10.7. The first-order valence-electron chi connectivity index (χ1n) is 5.03. The molecule has 0 saturated carbocycles. The van der Waals surface area contributed by atoms with Crippen molar-refractivity contribution in [3.63, 3.8) is 0 Å². The lowest BCUT2D eigenvalue weighted by molar-refractivity contribution is 0.535. The van der Waals surface area contributed by atoms with Crippen LogP contribution < -0.4 is 5.32 Å². The van der Waals surface area contributed by atoms with Crippen LogP contribution in [0.15, 0.2) is 27.4 Å². The maximum Gasteiger partial charge on any atom is 0.165 e. The minimum Gasteiger partial charge on any atom is -0.469 e. The molecular formula is C11H12BrN3O. The highest BCUT2D eigenvalue weighted by Gasteiger charge is 2.10. The summed E-state index contributed by atoms with van der Waals surface area (Å²) in [5, 5.41) is 3.17. The van der Waals surface area contributed by atoms with Gasteiger partial charge in [0.05, 0.1) is 16.3 Å². The Morgan fingerprint density at radius 2 is 2.31 bits per heavy atom. The Balaban J connectivity index is 2.43. The molecule has 0 amide bonds. The van der Waals surface area contributed by atoms with Crippen molar-refractivity contribution in [3.8, 4) is 11.4 Å². The van der Waals surface area contributed by atoms with E-state index in [0.717, 1.165) is 28.2 Å². The van der Waals surface area contributed by atoms with Crippen molar-refractivity contribution in [3.05, 3.63) is 28.8 Å². The molecule has 2 aromatic heterocycles. The monoisotopic (exact) mass is 281 g/mol. The molecule has 0 atom stereocenters. The zero-order valence-electron chi connectivity index (χ0n) is 9.12. The molecule has 2 heterocycles. The Bertz CT molecular complexity index is 496. The highest BCUT2D eigenvalue weighted by atomic mass is 79.9. The van der Waals surface area contributed by atoms with Gasteiger partial charge in [0, 0.05) is 12.7 Å². The van der Waals surface area contributed by atoms with Gasteiger partial charge in [0.1, 0.15) is 11.6 Å². The molecule has 2 aromatic rings. The zero-order chi connectivity index (χ0) is 11.5. The summed E-state index contributed by atoms with van der Waals surface area (Å²) in [5.41, 5.74) is 0.923. The molecule has 0 aliphatic carbocycles. The van der Waals surface area contributed by atoms with Crippen LogP contribution in [-0.4, -0.2) is 16.5 Å². The van der Waals surface area contributed by atoms with E-state index in [4.69, 9.17) is 4.42 Å². The summed E-state index contributed by atoms with van der Waals surface area (Å²) >= 11 is 3.40. The SMILES string of the molecule is CCNc1nc(-c2ccoc2C)ncc1Br. The number of hydrogen-bond donors (Lipinski definition) is 1. The normalized spacial score (nSPS) is 10.4. The Kier molecular flexibility index (Phi) is 3.24. The van der Waals surface area contributed by atoms with Crippen LogP contribution in [0, 0.1) is 6.92 Å². The van der Waals surface area contributed by atoms with Crippen LogP contribution >= 0.6 is 15.9 Å². The quantitative estimate of drug-likeness (QED) is 0.939. The van der Waals surface area contributed by atoms with E-state index in [1.54, 1.807) is 12.5 Å². The standard InChI is InChI=1S/C11H12BrN3O/c1-3-13-11-9(12)6-14-10(15-11)8-4-5-16-7(8)2/h4-6H,3H2,1-2H3,(H,13,14,15). The summed E-state index contributed by atoms with van der Waals surface area (Å²) in [6.07, 6.45) is 3.38. The van der Waals surface area contributed by atoms with Crippen molar-refractivity contribution < 1.29 is 4.42 Å². The summed E-state index contributed by atoms with van der Waals surface area (Å²) in [5.74, 6) is 2.29. The van der Waals surface area contributed by atoms with Crippen LogP contribution in [0.3, 0.4) is 0 Å². The third-order valence-corrected chi connectivity index (χ3v) is 2.77. The van der Waals surface area contributed by atoms with Crippen molar-refractivity contribution in [2.45, 2.75) is 13.8 Å². The number of furan rings is 1. The second-order valence-corrected chi connectivity index (χ2v) is 4.17. The van der Waals surface area contributed by atoms with Gasteiger partial charge in [-0.15, -0.1) is 0 Å². The van der Waals surface area contributed by atoms with Crippen molar-refractivity contribution in [2.75, 3.05) is 11.9 Å². The van der Waals surface area contributed by atoms with Crippen LogP contribution in [0.25, 0.3) is 11.4 Å². The van der Waals surface area contributed by atoms with Gasteiger partial charge in [-0.3, -0.25) is 0 Å². The van der Waals surface area contributed by atoms with E-state index in [2.05, 4.69) is 31.2 Å². The summed E-state index contributed by atoms with van der Waals surface area (Å²) in [4.78, 5) is 8.70. The molecule has 0 radical (unpaired) electrons. The smallest absolute Gasteiger partial charge is 0.165 e. The Morgan fingerprint density at radius 3 is 2.94 bits per heavy atom. The van der Waals surface area contributed by atoms with Gasteiger partial charge in [-0.2, -0.15) is 0 Å². The third-order valence-electron chi connectivity index (χ3n) is 2.19. The maximum absolute atomic E-state index is 5.24. The fourth-order valence-electron chi connectivity index (χ4n) is 1.41. The van der Waals surface area contributed by atoms with Gasteiger partial charge in [0.25, 0.3) is 0 Å². The second kappa shape index (κ2) is 4.65. The lowest BCUT2D eigenvalue weighted by atomic mass is 10.2. The van der Waals surface area contributed by atoms with Gasteiger partial charge in [-0.1, -0.05) is 0 Å². The van der Waals surface area contributed by atoms with E-state index in [-0.39, 0.29) is 0 Å². The highest BCUT2D eigenvalue weighted by Crippen LogP contribution is 2.25. The van der Waals surface area contributed by atoms with E-state index >= 15 is 0 Å². The molecule has 2 rings (SSSR count). The van der Waals surface area contributed by atoms with Gasteiger partial charge in [-0.25, -0.2) is 9.97 Å². The van der Waals surface area contributed by atoms with Crippen molar-refractivity contribution in [1.82, 2.24) is 9.97 Å². The van der Waals surface area contributed by atoms with E-state index in [1.165, 1.54) is 0 Å². The number of aromatic nitrogens is 2. The molecule has 0 aromatic carbocycles. The number of aryl methyl sites for hydroxylation is 1. The summed E-state index contributed by atoms with van der Waals surface area (Å²) in [6.45, 7) is 4.74. The van der Waals surface area contributed by atoms with Crippen LogP contribution in [0.5, 0.6) is 0 Å². The largest absolute Gasteiger partial charge is 0.469 e. The molecule has 5 heteroatoms. The van der Waals surface area contributed by atoms with Gasteiger partial charge in [0.15, 0.2) is 5.82 Å². The molecule has 0 bridgehead atoms. The topological polar surface area (TPSA) is 51.0 Å². The minimum atomic E-state index is 0.672. The van der Waals surface area contributed by atoms with E-state index < -0.39 is 0 Å². The summed E-state index contributed by atoms with van der Waals surface area (Å²) < 4.78 is 6.10. The fraction of sp³-hybridized carbons (Fsp3) is 0.273. The molecule has 0 aliphatic heterocycles. The average Bonchev–Trinajstić information content (AvgIpc) is 2.68. The van der Waals surface area contributed by atoms with Gasteiger partial charge in [0.2, 0.25) is 0 Å². The molecule has 0 fully saturated rings. The maximum atomic E-state index is 5.24. The van der Waals surface area contributed by atoms with Crippen LogP contribution in [0.1, 0.15) is 12.7 Å². The minimum absolute atomic E-state index is 0.672. The number of hydrogen-bond acceptors (Lipinski definition) is 4. The van der Waals surface area contributed by atoms with Gasteiger partial charge in [-0.05, 0) is 35.8 Å². The Morgan fingerprint density at radius 1 is 1.50 bits per heavy atom. The number of nitrogens with zero attached hydrogens (tertiary/aromatic N) is 2. The predicted molar refractivity (Wildman–Crippen MR) is 66.3 cm³/mol. The van der Waals surface area contributed by atoms with E-state index in [9.17, 15) is 0 Å². The number of nitrogens with one attached hydrogen (secondary N) is 1. The summed E-state index contributed by atoms with van der Waals surface area (Å²) in [6, 6.07) is 1.87. The molecule has 4 nitrogen and oxygen atoms in total. The Hall–Kier alpha value is -1.36. The molecule has 84 valence electrons. The summed E-state index contributed by atoms with van der Waals surface area (Å²) in [7, 11) is 0. The fourth-order valence-corrected chi connectivity index (χ4v) is 1.74. The lowest BCUT2D eigenvalue weighted by Crippen LogP contribution is -2.02. The van der Waals surface area contributed by atoms with Crippen molar-refractivity contribution in [1.29, 1.82) is 0 Å². The number of rotatable bonds is 3. The van der Waals surface area contributed by atoms with E-state index in [0.29, 0.717) is 5.82 Å². The average molecular weight is 282 g/mol. The molecule has 16 heavy (non-hydrogen) atoms. The Labute approximate surface area is 102 Å². The van der Waals surface area contributed by atoms with Gasteiger partial charge >= 0.3 is 0 Å². The lowest BCUT2D eigenvalue weighted by Gasteiger charge is -2.06. The number of anilines is 1. The van der Waals surface area contributed by atoms with Crippen LogP contribution in [-0.2, 0) is 0 Å². The van der Waals surface area contributed by atoms with Crippen molar-refractivity contribution >= 4 is 21.7 Å². The molecule has 0 saturated heterocycles. The third kappa shape index (κ3) is 2.09. The van der Waals surface area contributed by atoms with Crippen LogP contribution in [0.4, 0.5) is 5.82 Å². The highest BCUT2D eigenvalue weighted by molar-refractivity contribution is 9.10. The first-order valence-corrected chi connectivity index (χ1v) is 5.82.